The Morgan fingerprint density at radius 2 is 1.45 bits per heavy atom. The quantitative estimate of drug-likeness (QED) is 0.129. The minimum absolute atomic E-state index is 0.0256. The van der Waals surface area contributed by atoms with E-state index in [1.807, 2.05) is 78.9 Å². The molecule has 262 valence electrons. The van der Waals surface area contributed by atoms with Crippen LogP contribution in [-0.4, -0.2) is 41.8 Å². The molecule has 2 aliphatic rings. The fourth-order valence-electron chi connectivity index (χ4n) is 6.75. The van der Waals surface area contributed by atoms with Crippen molar-refractivity contribution in [3.63, 3.8) is 0 Å². The first-order valence-electron chi connectivity index (χ1n) is 17.9. The number of carbonyl (C=O) groups excluding carboxylic acids is 1. The molecule has 2 fully saturated rings. The van der Waals surface area contributed by atoms with E-state index in [9.17, 15) is 9.90 Å². The summed E-state index contributed by atoms with van der Waals surface area (Å²) in [6.07, 6.45) is 4.05. The van der Waals surface area contributed by atoms with Crippen molar-refractivity contribution < 1.29 is 24.1 Å². The highest BCUT2D eigenvalue weighted by molar-refractivity contribution is 5.89. The number of urea groups is 1. The zero-order chi connectivity index (χ0) is 34.8. The molecule has 5 aromatic carbocycles. The second kappa shape index (κ2) is 16.8. The Balaban J connectivity index is 0.965. The molecule has 8 heteroatoms. The fourth-order valence-corrected chi connectivity index (χ4v) is 6.75. The summed E-state index contributed by atoms with van der Waals surface area (Å²) in [6.45, 7) is 3.55. The van der Waals surface area contributed by atoms with Gasteiger partial charge in [-0.25, -0.2) is 4.79 Å². The average molecular weight is 684 g/mol. The molecule has 3 atom stereocenters. The van der Waals surface area contributed by atoms with Gasteiger partial charge in [0.2, 0.25) is 0 Å². The van der Waals surface area contributed by atoms with Crippen LogP contribution in [0.1, 0.15) is 60.3 Å². The van der Waals surface area contributed by atoms with E-state index in [2.05, 4.69) is 64.1 Å². The molecule has 8 nitrogen and oxygen atoms in total. The average Bonchev–Trinajstić information content (AvgIpc) is 3.19. The summed E-state index contributed by atoms with van der Waals surface area (Å²) >= 11 is 0. The lowest BCUT2D eigenvalue weighted by molar-refractivity contribution is -0.253. The van der Waals surface area contributed by atoms with Crippen LogP contribution in [0.5, 0.6) is 11.5 Å². The van der Waals surface area contributed by atoms with Gasteiger partial charge in [0.15, 0.2) is 6.29 Å². The number of nitrogens with one attached hydrogen (secondary N) is 2. The fraction of sp³-hybridized carbons (Fsp3) is 0.279. The molecule has 0 radical (unpaired) electrons. The van der Waals surface area contributed by atoms with Crippen LogP contribution in [0, 0.1) is 0 Å². The van der Waals surface area contributed by atoms with Gasteiger partial charge in [0.05, 0.1) is 18.8 Å². The number of aliphatic hydroxyl groups excluding tert-OH is 1. The number of hydrogen-bond acceptors (Lipinski definition) is 6. The van der Waals surface area contributed by atoms with Crippen molar-refractivity contribution in [2.75, 3.05) is 25.0 Å². The molecule has 3 unspecified atom stereocenters. The molecule has 2 saturated heterocycles. The third kappa shape index (κ3) is 9.42. The molecule has 2 heterocycles. The van der Waals surface area contributed by atoms with Crippen LogP contribution in [-0.2, 0) is 22.6 Å². The van der Waals surface area contributed by atoms with Gasteiger partial charge >= 0.3 is 6.03 Å². The van der Waals surface area contributed by atoms with Gasteiger partial charge in [-0.3, -0.25) is 0 Å². The number of carbonyl (C=O) groups is 1. The maximum atomic E-state index is 12.7. The lowest BCUT2D eigenvalue weighted by atomic mass is 9.98. The van der Waals surface area contributed by atoms with Crippen molar-refractivity contribution in [1.82, 2.24) is 10.2 Å². The summed E-state index contributed by atoms with van der Waals surface area (Å²) < 4.78 is 19.0. The van der Waals surface area contributed by atoms with Crippen LogP contribution in [0.15, 0.2) is 127 Å². The van der Waals surface area contributed by atoms with Crippen molar-refractivity contribution in [3.8, 4) is 22.6 Å². The number of ether oxygens (including phenoxy) is 3. The first kappa shape index (κ1) is 34.5. The van der Waals surface area contributed by atoms with Crippen LogP contribution in [0.4, 0.5) is 10.5 Å². The number of hydrogen-bond donors (Lipinski definition) is 3. The van der Waals surface area contributed by atoms with E-state index in [-0.39, 0.29) is 24.8 Å². The van der Waals surface area contributed by atoms with Gasteiger partial charge < -0.3 is 34.9 Å². The Labute approximate surface area is 300 Å². The number of benzene rings is 5. The lowest BCUT2D eigenvalue weighted by Crippen LogP contribution is -2.41. The summed E-state index contributed by atoms with van der Waals surface area (Å²) in [6, 6.07) is 41.2. The van der Waals surface area contributed by atoms with Gasteiger partial charge in [-0.2, -0.15) is 0 Å². The highest BCUT2D eigenvalue weighted by Crippen LogP contribution is 2.39. The first-order chi connectivity index (χ1) is 25.1. The van der Waals surface area contributed by atoms with Gasteiger partial charge in [-0.05, 0) is 96.2 Å². The smallest absolute Gasteiger partial charge is 0.319 e. The summed E-state index contributed by atoms with van der Waals surface area (Å²) in [5.41, 5.74) is 6.77. The molecule has 0 saturated carbocycles. The summed E-state index contributed by atoms with van der Waals surface area (Å²) in [5, 5.41) is 15.4. The van der Waals surface area contributed by atoms with Crippen molar-refractivity contribution in [3.05, 3.63) is 150 Å². The maximum Gasteiger partial charge on any atom is 0.319 e. The molecule has 5 aromatic rings. The molecular formula is C43H45N3O5. The van der Waals surface area contributed by atoms with E-state index in [0.29, 0.717) is 18.0 Å². The Bertz CT molecular complexity index is 1840. The second-order valence-electron chi connectivity index (χ2n) is 13.3. The second-order valence-corrected chi connectivity index (χ2v) is 13.3. The highest BCUT2D eigenvalue weighted by atomic mass is 16.7. The summed E-state index contributed by atoms with van der Waals surface area (Å²) in [5.74, 6) is 1.45. The van der Waals surface area contributed by atoms with Gasteiger partial charge in [0.1, 0.15) is 11.5 Å². The van der Waals surface area contributed by atoms with Crippen molar-refractivity contribution in [1.29, 1.82) is 0 Å². The number of rotatable bonds is 11. The van der Waals surface area contributed by atoms with Crippen LogP contribution >= 0.6 is 0 Å². The SMILES string of the molecule is O=C(NCc1cccc(-c2ccc(C3OC(CN4CCCCC4)CC(c4ccc(CO)cc4)O3)cc2)c1)Nc1ccc(Oc2ccccc2)cc1. The van der Waals surface area contributed by atoms with Crippen LogP contribution in [0.2, 0.25) is 0 Å². The number of amides is 2. The zero-order valence-electron chi connectivity index (χ0n) is 28.7. The number of aliphatic hydroxyl groups is 1. The lowest BCUT2D eigenvalue weighted by Gasteiger charge is -2.39. The normalized spacial score (nSPS) is 19.3. The van der Waals surface area contributed by atoms with E-state index in [1.165, 1.54) is 19.3 Å². The predicted molar refractivity (Wildman–Crippen MR) is 199 cm³/mol. The zero-order valence-corrected chi connectivity index (χ0v) is 28.7. The van der Waals surface area contributed by atoms with Gasteiger partial charge in [0.25, 0.3) is 0 Å². The number of anilines is 1. The standard InChI is InChI=1S/C43H45N3O5/c47-30-31-12-14-34(15-13-31)41-27-40(29-46-24-5-2-6-25-46)50-42(51-41)35-18-16-33(17-19-35)36-9-7-8-32(26-36)28-44-43(48)45-37-20-22-39(23-21-37)49-38-10-3-1-4-11-38/h1,3-4,7-23,26,40-42,47H,2,5-6,24-25,27-30H2,(H2,44,45,48). The molecule has 0 aliphatic carbocycles. The van der Waals surface area contributed by atoms with Crippen LogP contribution in [0.25, 0.3) is 11.1 Å². The minimum atomic E-state index is -0.480. The molecule has 0 aromatic heterocycles. The minimum Gasteiger partial charge on any atom is -0.457 e. The van der Waals surface area contributed by atoms with E-state index in [0.717, 1.165) is 65.2 Å². The molecule has 0 spiro atoms. The molecule has 51 heavy (non-hydrogen) atoms. The third-order valence-electron chi connectivity index (χ3n) is 9.51. The summed E-state index contributed by atoms with van der Waals surface area (Å²) in [4.78, 5) is 15.2. The molecule has 0 bridgehead atoms. The Kier molecular flexibility index (Phi) is 11.4. The van der Waals surface area contributed by atoms with Crippen LogP contribution in [0.3, 0.4) is 0 Å². The molecular weight excluding hydrogens is 638 g/mol. The van der Waals surface area contributed by atoms with Crippen molar-refractivity contribution >= 4 is 11.7 Å². The van der Waals surface area contributed by atoms with Crippen molar-refractivity contribution in [2.24, 2.45) is 0 Å². The predicted octanol–water partition coefficient (Wildman–Crippen LogP) is 8.99. The number of nitrogens with zero attached hydrogens (tertiary/aromatic N) is 1. The third-order valence-corrected chi connectivity index (χ3v) is 9.51. The topological polar surface area (TPSA) is 92.3 Å². The van der Waals surface area contributed by atoms with Gasteiger partial charge in [-0.1, -0.05) is 91.3 Å². The monoisotopic (exact) mass is 683 g/mol. The van der Waals surface area contributed by atoms with E-state index in [1.54, 1.807) is 0 Å². The Morgan fingerprint density at radius 3 is 2.20 bits per heavy atom. The molecule has 7 rings (SSSR count). The molecule has 2 amide bonds. The van der Waals surface area contributed by atoms with Gasteiger partial charge in [0, 0.05) is 30.8 Å². The highest BCUT2D eigenvalue weighted by Gasteiger charge is 2.33. The first-order valence-corrected chi connectivity index (χ1v) is 17.9. The molecule has 3 N–H and O–H groups in total. The van der Waals surface area contributed by atoms with E-state index in [4.69, 9.17) is 14.2 Å². The van der Waals surface area contributed by atoms with Crippen LogP contribution < -0.4 is 15.4 Å². The number of para-hydroxylation sites is 1. The van der Waals surface area contributed by atoms with E-state index >= 15 is 0 Å². The Morgan fingerprint density at radius 1 is 0.725 bits per heavy atom. The van der Waals surface area contributed by atoms with E-state index < -0.39 is 6.29 Å². The molecule has 2 aliphatic heterocycles. The number of likely N-dealkylation sites (tertiary alicyclic amines) is 1. The maximum absolute atomic E-state index is 12.7. The van der Waals surface area contributed by atoms with Gasteiger partial charge in [-0.15, -0.1) is 0 Å². The Hall–Kier alpha value is -4.99. The number of piperidine rings is 1. The largest absolute Gasteiger partial charge is 0.457 e. The summed E-state index contributed by atoms with van der Waals surface area (Å²) in [7, 11) is 0. The van der Waals surface area contributed by atoms with Crippen molar-refractivity contribution in [2.45, 2.75) is 57.3 Å².